The fourth-order valence-electron chi connectivity index (χ4n) is 0.895. The smallest absolute Gasteiger partial charge is 0.851 e. The molecule has 0 aromatic rings. The van der Waals surface area contributed by atoms with Crippen LogP contribution >= 0.6 is 0 Å². The maximum absolute atomic E-state index is 10.5. The molecule has 0 amide bonds. The van der Waals surface area contributed by atoms with Gasteiger partial charge in [-0.15, -0.1) is 6.10 Å². The number of hydrogen-bond donors (Lipinski definition) is 0. The van der Waals surface area contributed by atoms with Crippen LogP contribution in [0.3, 0.4) is 0 Å². The van der Waals surface area contributed by atoms with Crippen molar-refractivity contribution in [2.45, 2.75) is 12.5 Å². The van der Waals surface area contributed by atoms with Crippen molar-refractivity contribution in [1.82, 2.24) is 4.90 Å². The molecule has 0 spiro atoms. The van der Waals surface area contributed by atoms with Crippen molar-refractivity contribution in [1.29, 1.82) is 0 Å². The second-order valence-corrected chi connectivity index (χ2v) is 2.17. The molecule has 2 nitrogen and oxygen atoms in total. The minimum absolute atomic E-state index is 0. The molecule has 0 saturated carbocycles. The molecule has 1 unspecified atom stereocenters. The van der Waals surface area contributed by atoms with Crippen LogP contribution in [-0.4, -0.2) is 31.1 Å². The van der Waals surface area contributed by atoms with Crippen molar-refractivity contribution in [2.24, 2.45) is 0 Å². The molecule has 1 aliphatic heterocycles. The molecule has 3 heteroatoms. The van der Waals surface area contributed by atoms with Crippen molar-refractivity contribution >= 4 is 0 Å². The summed E-state index contributed by atoms with van der Waals surface area (Å²) in [5.41, 5.74) is 0. The van der Waals surface area contributed by atoms with E-state index in [0.717, 1.165) is 19.5 Å². The third kappa shape index (κ3) is 2.46. The number of likely N-dealkylation sites (tertiary alicyclic amines) is 1. The Bertz CT molecular complexity index is 61.4. The van der Waals surface area contributed by atoms with Crippen LogP contribution in [0.15, 0.2) is 0 Å². The fraction of sp³-hybridized carbons (Fsp3) is 1.00. The summed E-state index contributed by atoms with van der Waals surface area (Å²) in [7, 11) is 1.98. The summed E-state index contributed by atoms with van der Waals surface area (Å²) in [4.78, 5) is 2.07. The summed E-state index contributed by atoms with van der Waals surface area (Å²) in [5, 5.41) is 10.5. The number of hydrogen-bond acceptors (Lipinski definition) is 2. The maximum atomic E-state index is 10.5. The Morgan fingerprint density at radius 3 is 2.38 bits per heavy atom. The summed E-state index contributed by atoms with van der Waals surface area (Å²) < 4.78 is 0. The average molecular weight is 123 g/mol. The van der Waals surface area contributed by atoms with Crippen molar-refractivity contribution < 1.29 is 34.7 Å². The average Bonchev–Trinajstić information content (AvgIpc) is 1.87. The number of likely N-dealkylation sites (N-methyl/N-ethyl adjacent to an activating group) is 1. The topological polar surface area (TPSA) is 26.3 Å². The van der Waals surface area contributed by atoms with Crippen LogP contribution in [-0.2, 0) is 0 Å². The summed E-state index contributed by atoms with van der Waals surface area (Å²) in [5.74, 6) is 0. The number of rotatable bonds is 0. The quantitative estimate of drug-likeness (QED) is 0.307. The zero-order valence-corrected chi connectivity index (χ0v) is 7.55. The Balaban J connectivity index is 0.000000490. The zero-order chi connectivity index (χ0) is 5.28. The molecular formula is C5H10NNaO. The van der Waals surface area contributed by atoms with E-state index in [1.54, 1.807) is 0 Å². The van der Waals surface area contributed by atoms with Gasteiger partial charge in [-0.3, -0.25) is 0 Å². The minimum Gasteiger partial charge on any atom is -0.851 e. The summed E-state index contributed by atoms with van der Waals surface area (Å²) >= 11 is 0. The van der Waals surface area contributed by atoms with E-state index in [1.165, 1.54) is 0 Å². The first-order chi connectivity index (χ1) is 3.29. The van der Waals surface area contributed by atoms with Gasteiger partial charge in [0.05, 0.1) is 0 Å². The third-order valence-electron chi connectivity index (χ3n) is 1.35. The normalized spacial score (nSPS) is 30.0. The molecule has 0 N–H and O–H groups in total. The first-order valence-electron chi connectivity index (χ1n) is 2.63. The van der Waals surface area contributed by atoms with Crippen LogP contribution in [0.25, 0.3) is 0 Å². The second-order valence-electron chi connectivity index (χ2n) is 2.17. The SMILES string of the molecule is CN1CCC([O-])C1.[Na+]. The molecule has 0 bridgehead atoms. The molecule has 1 heterocycles. The standard InChI is InChI=1S/C5H10NO.Na/c1-6-3-2-5(7)4-6;/h5H,2-4H2,1H3;/q-1;+1. The first-order valence-corrected chi connectivity index (χ1v) is 2.63. The largest absolute Gasteiger partial charge is 1.00 e. The van der Waals surface area contributed by atoms with E-state index in [0.29, 0.717) is 0 Å². The predicted molar refractivity (Wildman–Crippen MR) is 25.9 cm³/mol. The van der Waals surface area contributed by atoms with Crippen LogP contribution < -0.4 is 34.7 Å². The van der Waals surface area contributed by atoms with E-state index in [1.807, 2.05) is 7.05 Å². The van der Waals surface area contributed by atoms with Crippen LogP contribution in [0, 0.1) is 0 Å². The van der Waals surface area contributed by atoms with Gasteiger partial charge in [0, 0.05) is 0 Å². The van der Waals surface area contributed by atoms with E-state index in [9.17, 15) is 5.11 Å². The Hall–Kier alpha value is 0.920. The molecule has 1 aliphatic rings. The summed E-state index contributed by atoms with van der Waals surface area (Å²) in [6, 6.07) is 0. The Morgan fingerprint density at radius 1 is 1.62 bits per heavy atom. The monoisotopic (exact) mass is 123 g/mol. The van der Waals surface area contributed by atoms with Crippen LogP contribution in [0.4, 0.5) is 0 Å². The van der Waals surface area contributed by atoms with Gasteiger partial charge >= 0.3 is 29.6 Å². The molecule has 0 aliphatic carbocycles. The van der Waals surface area contributed by atoms with Crippen molar-refractivity contribution in [3.8, 4) is 0 Å². The molecule has 1 fully saturated rings. The van der Waals surface area contributed by atoms with E-state index in [4.69, 9.17) is 0 Å². The molecular weight excluding hydrogens is 113 g/mol. The summed E-state index contributed by atoms with van der Waals surface area (Å²) in [6.07, 6.45) is 0.543. The van der Waals surface area contributed by atoms with Gasteiger partial charge in [0.25, 0.3) is 0 Å². The molecule has 1 saturated heterocycles. The van der Waals surface area contributed by atoms with Crippen LogP contribution in [0.1, 0.15) is 6.42 Å². The van der Waals surface area contributed by atoms with Gasteiger partial charge in [0.2, 0.25) is 0 Å². The summed E-state index contributed by atoms with van der Waals surface area (Å²) in [6.45, 7) is 1.74. The van der Waals surface area contributed by atoms with Gasteiger partial charge in [-0.1, -0.05) is 6.42 Å². The molecule has 42 valence electrons. The molecule has 1 rings (SSSR count). The second kappa shape index (κ2) is 3.85. The minimum atomic E-state index is -0.301. The van der Waals surface area contributed by atoms with E-state index in [-0.39, 0.29) is 35.7 Å². The van der Waals surface area contributed by atoms with Crippen molar-refractivity contribution in [3.05, 3.63) is 0 Å². The van der Waals surface area contributed by atoms with Gasteiger partial charge < -0.3 is 10.0 Å². The van der Waals surface area contributed by atoms with Gasteiger partial charge in [0.15, 0.2) is 0 Å². The Kier molecular flexibility index (Phi) is 4.30. The van der Waals surface area contributed by atoms with Gasteiger partial charge in [0.1, 0.15) is 0 Å². The third-order valence-corrected chi connectivity index (χ3v) is 1.35. The number of nitrogens with zero attached hydrogens (tertiary/aromatic N) is 1. The van der Waals surface area contributed by atoms with E-state index in [2.05, 4.69) is 4.90 Å². The van der Waals surface area contributed by atoms with Gasteiger partial charge in [-0.05, 0) is 20.1 Å². The van der Waals surface area contributed by atoms with E-state index >= 15 is 0 Å². The van der Waals surface area contributed by atoms with Crippen LogP contribution in [0.2, 0.25) is 0 Å². The maximum Gasteiger partial charge on any atom is 1.00 e. The molecule has 0 aromatic heterocycles. The molecule has 1 atom stereocenters. The predicted octanol–water partition coefficient (Wildman–Crippen LogP) is -3.95. The van der Waals surface area contributed by atoms with Gasteiger partial charge in [-0.2, -0.15) is 0 Å². The van der Waals surface area contributed by atoms with Gasteiger partial charge in [-0.25, -0.2) is 0 Å². The van der Waals surface area contributed by atoms with E-state index < -0.39 is 0 Å². The first kappa shape index (κ1) is 8.92. The zero-order valence-electron chi connectivity index (χ0n) is 5.55. The molecule has 0 aromatic carbocycles. The molecule has 0 radical (unpaired) electrons. The fourth-order valence-corrected chi connectivity index (χ4v) is 0.895. The molecule has 8 heavy (non-hydrogen) atoms. The Labute approximate surface area is 72.2 Å². The van der Waals surface area contributed by atoms with Crippen molar-refractivity contribution in [2.75, 3.05) is 20.1 Å². The van der Waals surface area contributed by atoms with Crippen LogP contribution in [0.5, 0.6) is 0 Å². The van der Waals surface area contributed by atoms with Crippen molar-refractivity contribution in [3.63, 3.8) is 0 Å². The Morgan fingerprint density at radius 2 is 2.25 bits per heavy atom.